The zero-order valence-electron chi connectivity index (χ0n) is 28.6. The van der Waals surface area contributed by atoms with E-state index in [4.69, 9.17) is 9.97 Å². The molecule has 9 aromatic rings. The van der Waals surface area contributed by atoms with E-state index in [1.807, 2.05) is 24.3 Å². The van der Waals surface area contributed by atoms with Crippen LogP contribution in [0.4, 0.5) is 0 Å². The average molecular weight is 654 g/mol. The van der Waals surface area contributed by atoms with Gasteiger partial charge in [0, 0.05) is 38.7 Å². The Balaban J connectivity index is 1.14. The molecular formula is C48H35N3. The molecule has 2 aromatic heterocycles. The van der Waals surface area contributed by atoms with Gasteiger partial charge in [-0.15, -0.1) is 0 Å². The molecule has 0 aliphatic carbocycles. The minimum Gasteiger partial charge on any atom is -0.309 e. The molecule has 51 heavy (non-hydrogen) atoms. The second-order valence-electron chi connectivity index (χ2n) is 13.1. The molecule has 0 atom stereocenters. The van der Waals surface area contributed by atoms with Crippen LogP contribution in [0.1, 0.15) is 11.1 Å². The molecule has 0 bridgehead atoms. The minimum absolute atomic E-state index is 0.728. The van der Waals surface area contributed by atoms with Crippen molar-refractivity contribution in [1.82, 2.24) is 14.5 Å². The van der Waals surface area contributed by atoms with Crippen molar-refractivity contribution in [2.75, 3.05) is 0 Å². The van der Waals surface area contributed by atoms with Crippen molar-refractivity contribution in [3.63, 3.8) is 0 Å². The van der Waals surface area contributed by atoms with E-state index in [0.29, 0.717) is 0 Å². The van der Waals surface area contributed by atoms with Crippen LogP contribution in [0.15, 0.2) is 176 Å². The van der Waals surface area contributed by atoms with Gasteiger partial charge in [0.1, 0.15) is 0 Å². The summed E-state index contributed by atoms with van der Waals surface area (Å²) >= 11 is 0. The van der Waals surface area contributed by atoms with E-state index in [2.05, 4.69) is 170 Å². The molecule has 2 heterocycles. The van der Waals surface area contributed by atoms with Crippen LogP contribution in [-0.4, -0.2) is 14.5 Å². The molecule has 0 spiro atoms. The first-order valence-electron chi connectivity index (χ1n) is 17.4. The maximum Gasteiger partial charge on any atom is 0.160 e. The van der Waals surface area contributed by atoms with Crippen LogP contribution in [-0.2, 0) is 0 Å². The first-order valence-corrected chi connectivity index (χ1v) is 17.4. The highest BCUT2D eigenvalue weighted by atomic mass is 15.0. The molecular weight excluding hydrogens is 619 g/mol. The third-order valence-electron chi connectivity index (χ3n) is 10.0. The smallest absolute Gasteiger partial charge is 0.160 e. The van der Waals surface area contributed by atoms with Gasteiger partial charge in [-0.1, -0.05) is 146 Å². The van der Waals surface area contributed by atoms with Crippen molar-refractivity contribution in [3.05, 3.63) is 187 Å². The van der Waals surface area contributed by atoms with Crippen LogP contribution in [0.5, 0.6) is 0 Å². The summed E-state index contributed by atoms with van der Waals surface area (Å²) < 4.78 is 2.38. The van der Waals surface area contributed by atoms with E-state index in [1.165, 1.54) is 49.6 Å². The minimum atomic E-state index is 0.728. The molecule has 3 nitrogen and oxygen atoms in total. The summed E-state index contributed by atoms with van der Waals surface area (Å²) in [5.41, 5.74) is 15.7. The summed E-state index contributed by atoms with van der Waals surface area (Å²) in [6.07, 6.45) is 0. The maximum atomic E-state index is 5.21. The first kappa shape index (κ1) is 30.5. The van der Waals surface area contributed by atoms with E-state index in [9.17, 15) is 0 Å². The Labute approximate surface area is 298 Å². The molecule has 0 aliphatic heterocycles. The molecule has 242 valence electrons. The molecule has 7 aromatic carbocycles. The van der Waals surface area contributed by atoms with E-state index < -0.39 is 0 Å². The molecule has 0 N–H and O–H groups in total. The van der Waals surface area contributed by atoms with Crippen molar-refractivity contribution in [3.8, 4) is 61.8 Å². The van der Waals surface area contributed by atoms with Crippen molar-refractivity contribution in [2.24, 2.45) is 0 Å². The largest absolute Gasteiger partial charge is 0.309 e. The molecule has 0 amide bonds. The SMILES string of the molecule is Cc1c(-c2ccc(-n3c4ccccc4c4cc(-c5ccccc5)ccc43)cc2)cccc1-c1nc(-c2ccccc2)nc(-c2ccccc2)c1C. The van der Waals surface area contributed by atoms with Gasteiger partial charge in [0.2, 0.25) is 0 Å². The second kappa shape index (κ2) is 12.7. The van der Waals surface area contributed by atoms with Gasteiger partial charge in [0.15, 0.2) is 5.82 Å². The van der Waals surface area contributed by atoms with Crippen LogP contribution < -0.4 is 0 Å². The summed E-state index contributed by atoms with van der Waals surface area (Å²) in [7, 11) is 0. The summed E-state index contributed by atoms with van der Waals surface area (Å²) in [5.74, 6) is 0.728. The lowest BCUT2D eigenvalue weighted by atomic mass is 9.92. The molecule has 9 rings (SSSR count). The van der Waals surface area contributed by atoms with Crippen LogP contribution >= 0.6 is 0 Å². The number of para-hydroxylation sites is 1. The van der Waals surface area contributed by atoms with Gasteiger partial charge in [-0.05, 0) is 72.0 Å². The van der Waals surface area contributed by atoms with Gasteiger partial charge < -0.3 is 4.57 Å². The number of fused-ring (bicyclic) bond motifs is 3. The Morgan fingerprint density at radius 1 is 0.373 bits per heavy atom. The Hall–Kier alpha value is -6.58. The molecule has 0 fully saturated rings. The highest BCUT2D eigenvalue weighted by Crippen LogP contribution is 2.38. The maximum absolute atomic E-state index is 5.21. The first-order chi connectivity index (χ1) is 25.1. The molecule has 0 saturated carbocycles. The topological polar surface area (TPSA) is 30.7 Å². The predicted octanol–water partition coefficient (Wildman–Crippen LogP) is 12.5. The zero-order chi connectivity index (χ0) is 34.3. The Bertz CT molecular complexity index is 2670. The fourth-order valence-electron chi connectivity index (χ4n) is 7.43. The number of rotatable bonds is 6. The fraction of sp³-hybridized carbons (Fsp3) is 0.0417. The average Bonchev–Trinajstić information content (AvgIpc) is 3.53. The van der Waals surface area contributed by atoms with E-state index in [-0.39, 0.29) is 0 Å². The lowest BCUT2D eigenvalue weighted by Gasteiger charge is -2.17. The molecule has 0 unspecified atom stereocenters. The zero-order valence-corrected chi connectivity index (χ0v) is 28.6. The summed E-state index contributed by atoms with van der Waals surface area (Å²) in [5, 5.41) is 2.51. The van der Waals surface area contributed by atoms with E-state index >= 15 is 0 Å². The van der Waals surface area contributed by atoms with Gasteiger partial charge in [0.05, 0.1) is 22.4 Å². The van der Waals surface area contributed by atoms with Crippen LogP contribution in [0.2, 0.25) is 0 Å². The van der Waals surface area contributed by atoms with Crippen LogP contribution in [0.3, 0.4) is 0 Å². The lowest BCUT2D eigenvalue weighted by Crippen LogP contribution is -2.01. The number of nitrogens with zero attached hydrogens (tertiary/aromatic N) is 3. The van der Waals surface area contributed by atoms with Crippen molar-refractivity contribution in [1.29, 1.82) is 0 Å². The quantitative estimate of drug-likeness (QED) is 0.179. The number of hydrogen-bond acceptors (Lipinski definition) is 2. The van der Waals surface area contributed by atoms with Gasteiger partial charge in [0.25, 0.3) is 0 Å². The monoisotopic (exact) mass is 653 g/mol. The molecule has 0 radical (unpaired) electrons. The third-order valence-corrected chi connectivity index (χ3v) is 10.0. The van der Waals surface area contributed by atoms with Crippen LogP contribution in [0, 0.1) is 13.8 Å². The third kappa shape index (κ3) is 5.40. The van der Waals surface area contributed by atoms with Crippen LogP contribution in [0.25, 0.3) is 83.6 Å². The standard InChI is InChI=1S/C48H35N3/c1-32-40(22-14-23-41(32)47-33(2)46(36-17-8-4-9-18-36)49-48(50-47)37-19-10-5-11-20-37)35-25-28-39(29-26-35)51-44-24-13-12-21-42(44)43-31-38(27-30-45(43)51)34-15-6-3-7-16-34/h3-31H,1-2H3. The highest BCUT2D eigenvalue weighted by Gasteiger charge is 2.19. The van der Waals surface area contributed by atoms with Gasteiger partial charge in [-0.25, -0.2) is 9.97 Å². The summed E-state index contributed by atoms with van der Waals surface area (Å²) in [6, 6.07) is 62.3. The van der Waals surface area contributed by atoms with Crippen molar-refractivity contribution < 1.29 is 0 Å². The normalized spacial score (nSPS) is 11.3. The van der Waals surface area contributed by atoms with Gasteiger partial charge >= 0.3 is 0 Å². The van der Waals surface area contributed by atoms with E-state index in [1.54, 1.807) is 0 Å². The van der Waals surface area contributed by atoms with Gasteiger partial charge in [-0.3, -0.25) is 0 Å². The molecule has 0 aliphatic rings. The Morgan fingerprint density at radius 2 is 0.941 bits per heavy atom. The summed E-state index contributed by atoms with van der Waals surface area (Å²) in [4.78, 5) is 10.3. The molecule has 3 heteroatoms. The lowest BCUT2D eigenvalue weighted by molar-refractivity contribution is 1.14. The molecule has 0 saturated heterocycles. The second-order valence-corrected chi connectivity index (χ2v) is 13.1. The van der Waals surface area contributed by atoms with E-state index in [0.717, 1.165) is 45.2 Å². The number of hydrogen-bond donors (Lipinski definition) is 0. The number of aromatic nitrogens is 3. The Morgan fingerprint density at radius 3 is 1.67 bits per heavy atom. The predicted molar refractivity (Wildman–Crippen MR) is 213 cm³/mol. The van der Waals surface area contributed by atoms with Crippen molar-refractivity contribution in [2.45, 2.75) is 13.8 Å². The summed E-state index contributed by atoms with van der Waals surface area (Å²) in [6.45, 7) is 4.35. The van der Waals surface area contributed by atoms with Gasteiger partial charge in [-0.2, -0.15) is 0 Å². The highest BCUT2D eigenvalue weighted by molar-refractivity contribution is 6.10. The van der Waals surface area contributed by atoms with Crippen molar-refractivity contribution >= 4 is 21.8 Å². The Kier molecular flexibility index (Phi) is 7.59. The fourth-order valence-corrected chi connectivity index (χ4v) is 7.43. The number of benzene rings is 7.